The zero-order valence-electron chi connectivity index (χ0n) is 17.0. The predicted octanol–water partition coefficient (Wildman–Crippen LogP) is 4.32. The van der Waals surface area contributed by atoms with Crippen molar-refractivity contribution in [3.63, 3.8) is 0 Å². The lowest BCUT2D eigenvalue weighted by molar-refractivity contribution is -0.404. The van der Waals surface area contributed by atoms with Gasteiger partial charge in [-0.25, -0.2) is 9.78 Å². The molecule has 0 radical (unpaired) electrons. The van der Waals surface area contributed by atoms with Gasteiger partial charge in [-0.05, 0) is 74.2 Å². The molecule has 0 saturated carbocycles. The number of thiophene rings is 1. The van der Waals surface area contributed by atoms with Crippen LogP contribution in [0.2, 0.25) is 0 Å². The van der Waals surface area contributed by atoms with Crippen LogP contribution < -0.4 is 15.3 Å². The van der Waals surface area contributed by atoms with Gasteiger partial charge in [0.05, 0.1) is 12.4 Å². The first-order chi connectivity index (χ1) is 14.6. The number of allylic oxidation sites excluding steroid dienone is 1. The van der Waals surface area contributed by atoms with Gasteiger partial charge in [0.15, 0.2) is 10.6 Å². The van der Waals surface area contributed by atoms with Crippen molar-refractivity contribution in [1.29, 1.82) is 0 Å². The van der Waals surface area contributed by atoms with Crippen molar-refractivity contribution >= 4 is 39.1 Å². The quantitative estimate of drug-likeness (QED) is 0.226. The number of aromatic nitrogens is 2. The Morgan fingerprint density at radius 2 is 2.07 bits per heavy atom. The summed E-state index contributed by atoms with van der Waals surface area (Å²) in [6.07, 6.45) is 6.04. The van der Waals surface area contributed by atoms with Gasteiger partial charge in [-0.3, -0.25) is 4.79 Å². The number of aromatic amines is 1. The lowest BCUT2D eigenvalue weighted by Crippen LogP contribution is -2.30. The molecule has 0 amide bonds. The molecule has 1 aromatic carbocycles. The van der Waals surface area contributed by atoms with Crippen molar-refractivity contribution < 1.29 is 14.5 Å². The Bertz CT molecular complexity index is 1150. The fraction of sp³-hybridized carbons (Fsp3) is 0.348. The zero-order chi connectivity index (χ0) is 21.1. The van der Waals surface area contributed by atoms with Crippen LogP contribution in [-0.2, 0) is 19.4 Å². The van der Waals surface area contributed by atoms with Crippen LogP contribution in [0.3, 0.4) is 0 Å². The minimum atomic E-state index is 0.0130. The van der Waals surface area contributed by atoms with E-state index in [1.165, 1.54) is 28.6 Å². The number of ketones is 1. The number of benzene rings is 1. The molecule has 2 heterocycles. The number of fused-ring (bicyclic) bond motifs is 3. The summed E-state index contributed by atoms with van der Waals surface area (Å²) in [7, 11) is 0. The molecule has 156 valence electrons. The molecule has 5 nitrogen and oxygen atoms in total. The first-order valence-electron chi connectivity index (χ1n) is 10.2. The van der Waals surface area contributed by atoms with Gasteiger partial charge in [-0.15, -0.1) is 0 Å². The van der Waals surface area contributed by atoms with E-state index >= 15 is 0 Å². The molecule has 0 aliphatic heterocycles. The third kappa shape index (κ3) is 4.09. The van der Waals surface area contributed by atoms with Crippen molar-refractivity contribution in [2.45, 2.75) is 44.3 Å². The van der Waals surface area contributed by atoms with Crippen LogP contribution in [0.5, 0.6) is 5.75 Å². The summed E-state index contributed by atoms with van der Waals surface area (Å²) in [5, 5.41) is 1.52. The molecule has 4 rings (SSSR count). The maximum absolute atomic E-state index is 13.3. The molecule has 0 fully saturated rings. The number of Topliss-reactive ketones (excluding diaryl/α,β-unsaturated/α-hetero) is 1. The number of aryl methyl sites for hydroxylation is 2. The monoisotopic (exact) mass is 441 g/mol. The number of hydrogen-bond acceptors (Lipinski definition) is 5. The molecule has 2 aromatic heterocycles. The number of H-pyrrole nitrogens is 1. The van der Waals surface area contributed by atoms with E-state index in [2.05, 4.69) is 11.6 Å². The summed E-state index contributed by atoms with van der Waals surface area (Å²) in [6, 6.07) is 7.18. The fourth-order valence-electron chi connectivity index (χ4n) is 3.80. The van der Waals surface area contributed by atoms with Gasteiger partial charge >= 0.3 is 10.7 Å². The molecule has 1 aliphatic rings. The molecule has 30 heavy (non-hydrogen) atoms. The first-order valence-corrected chi connectivity index (χ1v) is 12.0. The molecule has 0 unspecified atom stereocenters. The lowest BCUT2D eigenvalue weighted by Gasteiger charge is -2.09. The van der Waals surface area contributed by atoms with E-state index in [0.717, 1.165) is 35.2 Å². The Morgan fingerprint density at radius 3 is 2.80 bits per heavy atom. The summed E-state index contributed by atoms with van der Waals surface area (Å²) in [4.78, 5) is 31.6. The highest BCUT2D eigenvalue weighted by Crippen LogP contribution is 2.33. The van der Waals surface area contributed by atoms with E-state index in [9.17, 15) is 9.59 Å². The normalized spacial score (nSPS) is 13.2. The molecule has 0 atom stereocenters. The topological polar surface area (TPSA) is 62.4 Å². The Morgan fingerprint density at radius 1 is 1.30 bits per heavy atom. The second-order valence-corrected chi connectivity index (χ2v) is 9.29. The standard InChI is InChI=1S/C23H24N2O3S2/c1-3-13-25-22(27)20-17-7-5-6-8-19(17)30-21(20)24-23(25)29-14-18(26)15-9-11-16(12-10-15)28-4-2/h3,9-12H,1,4-8,13-14H2,2H3/p+1. The van der Waals surface area contributed by atoms with Crippen LogP contribution in [0.1, 0.15) is 40.6 Å². The minimum absolute atomic E-state index is 0.0130. The molecule has 0 bridgehead atoms. The highest BCUT2D eigenvalue weighted by atomic mass is 32.2. The average molecular weight is 442 g/mol. The van der Waals surface area contributed by atoms with Gasteiger partial charge in [0.25, 0.3) is 0 Å². The number of nitrogens with zero attached hydrogens (tertiary/aromatic N) is 1. The van der Waals surface area contributed by atoms with Gasteiger partial charge in [0, 0.05) is 10.4 Å². The Balaban J connectivity index is 1.61. The molecule has 0 saturated heterocycles. The SMILES string of the molecule is C=CCn1c(SCC(=O)c2ccc(OCC)cc2)[nH+]c2sc3c(c2c1=O)CCCC3. The number of nitrogens with one attached hydrogen (secondary N) is 1. The maximum atomic E-state index is 13.3. The molecular weight excluding hydrogens is 416 g/mol. The van der Waals surface area contributed by atoms with E-state index in [-0.39, 0.29) is 17.1 Å². The number of rotatable bonds is 8. The molecule has 7 heteroatoms. The highest BCUT2D eigenvalue weighted by molar-refractivity contribution is 7.99. The van der Waals surface area contributed by atoms with Crippen molar-refractivity contribution in [2.75, 3.05) is 12.4 Å². The Hall–Kier alpha value is -2.38. The molecule has 1 N–H and O–H groups in total. The van der Waals surface area contributed by atoms with Crippen LogP contribution in [0.25, 0.3) is 10.2 Å². The van der Waals surface area contributed by atoms with E-state index in [1.54, 1.807) is 34.1 Å². The van der Waals surface area contributed by atoms with Gasteiger partial charge in [-0.1, -0.05) is 24.0 Å². The number of carbonyl (C=O) groups excluding carboxylic acids is 1. The Kier molecular flexibility index (Phi) is 6.39. The predicted molar refractivity (Wildman–Crippen MR) is 122 cm³/mol. The smallest absolute Gasteiger partial charge is 0.347 e. The van der Waals surface area contributed by atoms with E-state index in [0.29, 0.717) is 23.9 Å². The van der Waals surface area contributed by atoms with Crippen molar-refractivity contribution in [1.82, 2.24) is 4.57 Å². The van der Waals surface area contributed by atoms with Crippen LogP contribution in [-0.4, -0.2) is 22.7 Å². The Labute approximate surface area is 183 Å². The van der Waals surface area contributed by atoms with Crippen LogP contribution >= 0.6 is 23.1 Å². The third-order valence-electron chi connectivity index (χ3n) is 5.23. The number of ether oxygens (including phenoxy) is 1. The van der Waals surface area contributed by atoms with Crippen molar-refractivity contribution in [3.8, 4) is 5.75 Å². The first kappa shape index (κ1) is 20.9. The van der Waals surface area contributed by atoms with Gasteiger partial charge in [0.1, 0.15) is 17.7 Å². The second-order valence-electron chi connectivity index (χ2n) is 7.22. The van der Waals surface area contributed by atoms with Crippen LogP contribution in [0.4, 0.5) is 0 Å². The molecular formula is C23H25N2O3S2+. The van der Waals surface area contributed by atoms with Crippen molar-refractivity contribution in [3.05, 3.63) is 63.3 Å². The summed E-state index contributed by atoms with van der Waals surface area (Å²) < 4.78 is 7.13. The van der Waals surface area contributed by atoms with Gasteiger partial charge in [-0.2, -0.15) is 4.57 Å². The zero-order valence-corrected chi connectivity index (χ0v) is 18.7. The lowest BCUT2D eigenvalue weighted by atomic mass is 9.97. The summed E-state index contributed by atoms with van der Waals surface area (Å²) in [5.41, 5.74) is 1.86. The summed E-state index contributed by atoms with van der Waals surface area (Å²) in [5.74, 6) is 1.01. The van der Waals surface area contributed by atoms with Crippen LogP contribution in [0.15, 0.2) is 46.9 Å². The number of hydrogen-bond donors (Lipinski definition) is 0. The number of carbonyl (C=O) groups is 1. The third-order valence-corrected chi connectivity index (χ3v) is 7.44. The fourth-order valence-corrected chi connectivity index (χ4v) is 6.07. The molecule has 1 aliphatic carbocycles. The van der Waals surface area contributed by atoms with E-state index in [1.807, 2.05) is 19.1 Å². The molecule has 3 aromatic rings. The van der Waals surface area contributed by atoms with Crippen molar-refractivity contribution in [2.24, 2.45) is 0 Å². The summed E-state index contributed by atoms with van der Waals surface area (Å²) >= 11 is 3.05. The van der Waals surface area contributed by atoms with Gasteiger partial charge < -0.3 is 4.74 Å². The average Bonchev–Trinajstić information content (AvgIpc) is 3.13. The minimum Gasteiger partial charge on any atom is -0.494 e. The largest absolute Gasteiger partial charge is 0.494 e. The number of thioether (sulfide) groups is 1. The maximum Gasteiger partial charge on any atom is 0.347 e. The van der Waals surface area contributed by atoms with E-state index < -0.39 is 0 Å². The highest BCUT2D eigenvalue weighted by Gasteiger charge is 2.26. The van der Waals surface area contributed by atoms with Crippen LogP contribution in [0, 0.1) is 0 Å². The molecule has 0 spiro atoms. The summed E-state index contributed by atoms with van der Waals surface area (Å²) in [6.45, 7) is 6.73. The second kappa shape index (κ2) is 9.18. The van der Waals surface area contributed by atoms with E-state index in [4.69, 9.17) is 4.74 Å². The van der Waals surface area contributed by atoms with Gasteiger partial charge in [0.2, 0.25) is 0 Å².